The number of aryl methyl sites for hydroxylation is 2. The van der Waals surface area contributed by atoms with Crippen molar-refractivity contribution in [2.75, 3.05) is 5.73 Å². The van der Waals surface area contributed by atoms with Crippen molar-refractivity contribution in [2.45, 2.75) is 13.8 Å². The van der Waals surface area contributed by atoms with Gasteiger partial charge in [0, 0.05) is 6.07 Å². The van der Waals surface area contributed by atoms with Crippen LogP contribution in [0.15, 0.2) is 53.3 Å². The first-order valence-corrected chi connectivity index (χ1v) is 8.62. The molecule has 2 aromatic carbocycles. The van der Waals surface area contributed by atoms with Gasteiger partial charge in [0.25, 0.3) is 17.4 Å². The molecule has 2 heterocycles. The van der Waals surface area contributed by atoms with Crippen LogP contribution in [0.4, 0.5) is 5.82 Å². The molecular formula is C21H17N3O4. The molecule has 4 rings (SSSR count). The summed E-state index contributed by atoms with van der Waals surface area (Å²) in [5.41, 5.74) is 7.86. The Morgan fingerprint density at radius 3 is 2.32 bits per heavy atom. The minimum Gasteiger partial charge on any atom is -0.457 e. The number of amides is 2. The van der Waals surface area contributed by atoms with Crippen LogP contribution in [0, 0.1) is 13.8 Å². The highest BCUT2D eigenvalue weighted by Gasteiger charge is 2.31. The maximum absolute atomic E-state index is 12.5. The second-order valence-corrected chi connectivity index (χ2v) is 6.59. The van der Waals surface area contributed by atoms with Crippen molar-refractivity contribution < 1.29 is 14.3 Å². The number of hydrogen-bond acceptors (Lipinski definition) is 5. The Morgan fingerprint density at radius 1 is 0.893 bits per heavy atom. The Balaban J connectivity index is 1.78. The summed E-state index contributed by atoms with van der Waals surface area (Å²) in [5.74, 6) is 0.0795. The van der Waals surface area contributed by atoms with Crippen LogP contribution in [0.1, 0.15) is 31.8 Å². The number of fused-ring (bicyclic) bond motifs is 1. The fourth-order valence-corrected chi connectivity index (χ4v) is 3.22. The maximum atomic E-state index is 12.5. The highest BCUT2D eigenvalue weighted by atomic mass is 16.5. The number of aromatic nitrogens is 1. The molecule has 0 unspecified atom stereocenters. The molecule has 0 fully saturated rings. The minimum atomic E-state index is -0.617. The summed E-state index contributed by atoms with van der Waals surface area (Å²) >= 11 is 0. The van der Waals surface area contributed by atoms with Gasteiger partial charge in [-0.2, -0.15) is 0 Å². The molecule has 1 aromatic heterocycles. The van der Waals surface area contributed by atoms with Gasteiger partial charge >= 0.3 is 0 Å². The van der Waals surface area contributed by atoms with Crippen LogP contribution >= 0.6 is 0 Å². The molecule has 0 saturated carbocycles. The highest BCUT2D eigenvalue weighted by Crippen LogP contribution is 2.30. The molecule has 3 N–H and O–H groups in total. The number of benzene rings is 2. The van der Waals surface area contributed by atoms with E-state index in [1.165, 1.54) is 4.57 Å². The second-order valence-electron chi connectivity index (χ2n) is 6.59. The lowest BCUT2D eigenvalue weighted by molar-refractivity contribution is 0.0880. The first-order valence-electron chi connectivity index (χ1n) is 8.62. The molecule has 2 amide bonds. The molecule has 0 radical (unpaired) electrons. The van der Waals surface area contributed by atoms with Crippen LogP contribution in [0.25, 0.3) is 5.69 Å². The van der Waals surface area contributed by atoms with Gasteiger partial charge in [-0.15, -0.1) is 0 Å². The van der Waals surface area contributed by atoms with Crippen molar-refractivity contribution in [3.05, 3.63) is 81.1 Å². The average Bonchev–Trinajstić information content (AvgIpc) is 2.92. The third-order valence-electron chi connectivity index (χ3n) is 4.68. The fourth-order valence-electron chi connectivity index (χ4n) is 3.22. The highest BCUT2D eigenvalue weighted by molar-refractivity contribution is 6.23. The van der Waals surface area contributed by atoms with Gasteiger partial charge in [0.05, 0.1) is 16.8 Å². The van der Waals surface area contributed by atoms with Crippen molar-refractivity contribution in [3.8, 4) is 17.2 Å². The summed E-state index contributed by atoms with van der Waals surface area (Å²) < 4.78 is 7.18. The van der Waals surface area contributed by atoms with Gasteiger partial charge in [0.2, 0.25) is 0 Å². The number of anilines is 1. The molecule has 0 atom stereocenters. The largest absolute Gasteiger partial charge is 0.457 e. The van der Waals surface area contributed by atoms with Gasteiger partial charge in [0.15, 0.2) is 0 Å². The third kappa shape index (κ3) is 2.73. The number of imide groups is 1. The number of carbonyl (C=O) groups excluding carboxylic acids is 2. The Morgan fingerprint density at radius 2 is 1.61 bits per heavy atom. The van der Waals surface area contributed by atoms with Crippen molar-refractivity contribution in [3.63, 3.8) is 0 Å². The molecule has 0 bridgehead atoms. The van der Waals surface area contributed by atoms with Gasteiger partial charge in [-0.1, -0.05) is 18.2 Å². The van der Waals surface area contributed by atoms with Crippen LogP contribution in [0.2, 0.25) is 0 Å². The molecule has 1 aliphatic heterocycles. The lowest BCUT2D eigenvalue weighted by atomic mass is 10.1. The molecule has 1 aliphatic rings. The van der Waals surface area contributed by atoms with E-state index < -0.39 is 17.4 Å². The molecule has 7 nitrogen and oxygen atoms in total. The first-order chi connectivity index (χ1) is 13.4. The van der Waals surface area contributed by atoms with Crippen LogP contribution in [-0.4, -0.2) is 16.4 Å². The molecule has 28 heavy (non-hydrogen) atoms. The zero-order valence-corrected chi connectivity index (χ0v) is 15.3. The van der Waals surface area contributed by atoms with Gasteiger partial charge < -0.3 is 10.5 Å². The van der Waals surface area contributed by atoms with E-state index in [2.05, 4.69) is 5.32 Å². The summed E-state index contributed by atoms with van der Waals surface area (Å²) in [5, 5.41) is 2.15. The second kappa shape index (κ2) is 6.38. The number of nitrogens with one attached hydrogen (secondary N) is 1. The van der Waals surface area contributed by atoms with Crippen LogP contribution in [0.5, 0.6) is 11.5 Å². The summed E-state index contributed by atoms with van der Waals surface area (Å²) in [6.07, 6.45) is 0. The zero-order chi connectivity index (χ0) is 20.0. The van der Waals surface area contributed by atoms with Crippen molar-refractivity contribution >= 4 is 17.6 Å². The number of rotatable bonds is 3. The quantitative estimate of drug-likeness (QED) is 0.685. The Kier molecular flexibility index (Phi) is 4.00. The number of pyridine rings is 1. The predicted molar refractivity (Wildman–Crippen MR) is 104 cm³/mol. The monoisotopic (exact) mass is 375 g/mol. The molecule has 0 saturated heterocycles. The molecule has 0 spiro atoms. The molecule has 7 heteroatoms. The van der Waals surface area contributed by atoms with E-state index in [1.54, 1.807) is 18.2 Å². The molecule has 3 aromatic rings. The third-order valence-corrected chi connectivity index (χ3v) is 4.68. The molecular weight excluding hydrogens is 358 g/mol. The van der Waals surface area contributed by atoms with Crippen LogP contribution in [-0.2, 0) is 0 Å². The number of hydrogen-bond donors (Lipinski definition) is 2. The van der Waals surface area contributed by atoms with E-state index in [1.807, 2.05) is 38.1 Å². The topological polar surface area (TPSA) is 103 Å². The van der Waals surface area contributed by atoms with Gasteiger partial charge in [0.1, 0.15) is 17.3 Å². The summed E-state index contributed by atoms with van der Waals surface area (Å²) in [7, 11) is 0. The fraction of sp³-hybridized carbons (Fsp3) is 0.0952. The van der Waals surface area contributed by atoms with Crippen LogP contribution < -0.4 is 21.3 Å². The van der Waals surface area contributed by atoms with E-state index in [0.29, 0.717) is 11.4 Å². The van der Waals surface area contributed by atoms with Gasteiger partial charge in [-0.25, -0.2) is 0 Å². The predicted octanol–water partition coefficient (Wildman–Crippen LogP) is 2.71. The number of para-hydroxylation sites is 1. The van der Waals surface area contributed by atoms with Gasteiger partial charge in [-0.05, 0) is 49.2 Å². The standard InChI is InChI=1S/C21H17N3O4/c1-11-5-3-4-6-15(11)28-16-8-7-13(9-12(16)2)24-17(25)10-14-18(19(24)22)21(27)23-20(14)26/h3-10H,22H2,1-2H3,(H,23,26,27). The van der Waals surface area contributed by atoms with Crippen LogP contribution in [0.3, 0.4) is 0 Å². The van der Waals surface area contributed by atoms with Crippen molar-refractivity contribution in [1.82, 2.24) is 9.88 Å². The number of nitrogens with zero attached hydrogens (tertiary/aromatic N) is 1. The summed E-state index contributed by atoms with van der Waals surface area (Å²) in [4.78, 5) is 36.3. The lowest BCUT2D eigenvalue weighted by Gasteiger charge is -2.15. The number of nitrogens with two attached hydrogens (primary N) is 1. The number of ether oxygens (including phenoxy) is 1. The summed E-state index contributed by atoms with van der Waals surface area (Å²) in [6, 6.07) is 13.9. The van der Waals surface area contributed by atoms with E-state index in [4.69, 9.17) is 10.5 Å². The smallest absolute Gasteiger partial charge is 0.262 e. The van der Waals surface area contributed by atoms with E-state index in [9.17, 15) is 14.4 Å². The van der Waals surface area contributed by atoms with E-state index >= 15 is 0 Å². The zero-order valence-electron chi connectivity index (χ0n) is 15.3. The number of carbonyl (C=O) groups is 2. The lowest BCUT2D eigenvalue weighted by Crippen LogP contribution is -2.24. The Labute approximate surface area is 160 Å². The SMILES string of the molecule is Cc1ccccc1Oc1ccc(-n2c(N)c3c(cc2=O)C(=O)NC3=O)cc1C. The first kappa shape index (κ1) is 17.5. The maximum Gasteiger partial charge on any atom is 0.262 e. The van der Waals surface area contributed by atoms with Crippen molar-refractivity contribution in [1.29, 1.82) is 0 Å². The number of nitrogen functional groups attached to an aromatic ring is 1. The normalized spacial score (nSPS) is 12.6. The Bertz CT molecular complexity index is 1210. The van der Waals surface area contributed by atoms with E-state index in [-0.39, 0.29) is 16.9 Å². The minimum absolute atomic E-state index is 0.0000202. The van der Waals surface area contributed by atoms with Crippen molar-refractivity contribution in [2.24, 2.45) is 0 Å². The summed E-state index contributed by atoms with van der Waals surface area (Å²) in [6.45, 7) is 3.80. The molecule has 0 aliphatic carbocycles. The van der Waals surface area contributed by atoms with E-state index in [0.717, 1.165) is 22.9 Å². The van der Waals surface area contributed by atoms with Gasteiger partial charge in [-0.3, -0.25) is 24.3 Å². The molecule has 140 valence electrons. The Hall–Kier alpha value is -3.87. The average molecular weight is 375 g/mol.